The number of hydrogen-bond acceptors (Lipinski definition) is 6. The molecule has 0 unspecified atom stereocenters. The molecule has 1 amide bonds. The standard InChI is InChI=1S/C25H27F2N7O2/c1-13(2)8-22-31-19-11-28-18(24-29-12-30-33-24)10-21(19)34(22)20-5-3-4-17(23(20)35)32-25(36)15-9-14(26)6-7-16(15)27/h6-7,9-13,17,20,23,35H,3-5,8H2,1-2H3,(H,32,36)(H,29,30,33)/t17-,20+,23+/m0/s1. The fourth-order valence-electron chi connectivity index (χ4n) is 4.90. The van der Waals surface area contributed by atoms with Crippen LogP contribution >= 0.6 is 0 Å². The van der Waals surface area contributed by atoms with E-state index in [0.717, 1.165) is 36.0 Å². The van der Waals surface area contributed by atoms with Gasteiger partial charge in [-0.05, 0) is 49.4 Å². The third-order valence-corrected chi connectivity index (χ3v) is 6.54. The number of pyridine rings is 1. The second-order valence-electron chi connectivity index (χ2n) is 9.58. The number of imidazole rings is 1. The lowest BCUT2D eigenvalue weighted by molar-refractivity contribution is 0.0400. The molecule has 3 heterocycles. The number of aromatic amines is 1. The number of aliphatic hydroxyl groups excluding tert-OH is 1. The van der Waals surface area contributed by atoms with E-state index < -0.39 is 29.7 Å². The van der Waals surface area contributed by atoms with E-state index in [0.29, 0.717) is 42.2 Å². The van der Waals surface area contributed by atoms with Gasteiger partial charge in [0.05, 0.1) is 35.5 Å². The third kappa shape index (κ3) is 4.58. The minimum Gasteiger partial charge on any atom is -0.389 e. The van der Waals surface area contributed by atoms with Crippen LogP contribution in [0.4, 0.5) is 8.78 Å². The number of halogens is 2. The van der Waals surface area contributed by atoms with E-state index >= 15 is 0 Å². The number of aromatic nitrogens is 6. The van der Waals surface area contributed by atoms with Crippen LogP contribution in [0.2, 0.25) is 0 Å². The second kappa shape index (κ2) is 9.73. The molecule has 0 saturated heterocycles. The van der Waals surface area contributed by atoms with E-state index in [1.807, 2.05) is 10.6 Å². The summed E-state index contributed by atoms with van der Waals surface area (Å²) in [6.45, 7) is 4.19. The number of carbonyl (C=O) groups is 1. The highest BCUT2D eigenvalue weighted by Gasteiger charge is 2.36. The van der Waals surface area contributed by atoms with Gasteiger partial charge in [0.15, 0.2) is 5.82 Å². The van der Waals surface area contributed by atoms with Crippen LogP contribution in [0.15, 0.2) is 36.8 Å². The van der Waals surface area contributed by atoms with Crippen molar-refractivity contribution in [2.24, 2.45) is 5.92 Å². The molecule has 5 rings (SSSR count). The Morgan fingerprint density at radius 2 is 2.08 bits per heavy atom. The van der Waals surface area contributed by atoms with Gasteiger partial charge < -0.3 is 15.0 Å². The topological polar surface area (TPSA) is 122 Å². The van der Waals surface area contributed by atoms with Gasteiger partial charge in [0.2, 0.25) is 0 Å². The van der Waals surface area contributed by atoms with Gasteiger partial charge in [-0.2, -0.15) is 5.10 Å². The quantitative estimate of drug-likeness (QED) is 0.376. The van der Waals surface area contributed by atoms with E-state index in [-0.39, 0.29) is 11.6 Å². The molecule has 3 atom stereocenters. The molecule has 1 fully saturated rings. The van der Waals surface area contributed by atoms with Crippen LogP contribution in [-0.2, 0) is 6.42 Å². The van der Waals surface area contributed by atoms with E-state index in [1.165, 1.54) is 6.33 Å². The van der Waals surface area contributed by atoms with Gasteiger partial charge in [-0.1, -0.05) is 13.8 Å². The lowest BCUT2D eigenvalue weighted by Gasteiger charge is -2.37. The minimum atomic E-state index is -0.968. The van der Waals surface area contributed by atoms with Crippen molar-refractivity contribution in [3.8, 4) is 11.5 Å². The van der Waals surface area contributed by atoms with E-state index in [1.54, 1.807) is 6.20 Å². The van der Waals surface area contributed by atoms with E-state index in [4.69, 9.17) is 4.98 Å². The number of fused-ring (bicyclic) bond motifs is 1. The molecule has 1 aliphatic carbocycles. The smallest absolute Gasteiger partial charge is 0.254 e. The van der Waals surface area contributed by atoms with Crippen molar-refractivity contribution in [1.82, 2.24) is 35.0 Å². The first kappa shape index (κ1) is 24.0. The molecule has 1 aromatic carbocycles. The molecule has 9 nitrogen and oxygen atoms in total. The molecule has 1 saturated carbocycles. The first-order valence-corrected chi connectivity index (χ1v) is 12.0. The lowest BCUT2D eigenvalue weighted by atomic mass is 9.87. The number of nitrogens with one attached hydrogen (secondary N) is 2. The summed E-state index contributed by atoms with van der Waals surface area (Å²) in [6.07, 6.45) is 4.69. The highest BCUT2D eigenvalue weighted by molar-refractivity contribution is 5.94. The second-order valence-corrected chi connectivity index (χ2v) is 9.58. The molecule has 36 heavy (non-hydrogen) atoms. The van der Waals surface area contributed by atoms with Gasteiger partial charge in [-0.3, -0.25) is 14.9 Å². The van der Waals surface area contributed by atoms with E-state index in [9.17, 15) is 18.7 Å². The van der Waals surface area contributed by atoms with Gasteiger partial charge in [0, 0.05) is 6.42 Å². The Morgan fingerprint density at radius 3 is 2.83 bits per heavy atom. The number of H-pyrrole nitrogens is 1. The molecule has 3 aromatic heterocycles. The molecular formula is C25H27F2N7O2. The highest BCUT2D eigenvalue weighted by atomic mass is 19.1. The van der Waals surface area contributed by atoms with Crippen LogP contribution in [0, 0.1) is 17.6 Å². The molecule has 4 aromatic rings. The number of hydrogen-bond donors (Lipinski definition) is 3. The fraction of sp³-hybridized carbons (Fsp3) is 0.400. The number of aliphatic hydroxyl groups is 1. The third-order valence-electron chi connectivity index (χ3n) is 6.54. The van der Waals surface area contributed by atoms with Crippen molar-refractivity contribution in [2.75, 3.05) is 0 Å². The average molecular weight is 496 g/mol. The summed E-state index contributed by atoms with van der Waals surface area (Å²) in [5, 5.41) is 20.8. The Bertz CT molecular complexity index is 1390. The predicted octanol–water partition coefficient (Wildman–Crippen LogP) is 3.58. The van der Waals surface area contributed by atoms with Crippen molar-refractivity contribution in [2.45, 2.75) is 57.7 Å². The Kier molecular flexibility index (Phi) is 6.48. The summed E-state index contributed by atoms with van der Waals surface area (Å²) < 4.78 is 29.8. The highest BCUT2D eigenvalue weighted by Crippen LogP contribution is 2.35. The zero-order valence-electron chi connectivity index (χ0n) is 19.9. The monoisotopic (exact) mass is 495 g/mol. The number of rotatable bonds is 6. The Balaban J connectivity index is 1.50. The van der Waals surface area contributed by atoms with Gasteiger partial charge in [-0.25, -0.2) is 18.7 Å². The average Bonchev–Trinajstić information content (AvgIpc) is 3.49. The Morgan fingerprint density at radius 1 is 1.25 bits per heavy atom. The number of carbonyl (C=O) groups excluding carboxylic acids is 1. The van der Waals surface area contributed by atoms with E-state index in [2.05, 4.69) is 39.3 Å². The fourth-order valence-corrected chi connectivity index (χ4v) is 4.90. The number of nitrogens with zero attached hydrogens (tertiary/aromatic N) is 5. The SMILES string of the molecule is CC(C)Cc1nc2cnc(-c3ncn[nH]3)cc2n1[C@@H]1CCC[C@H](NC(=O)c2cc(F)ccc2F)[C@H]1O. The molecule has 188 valence electrons. The van der Waals surface area contributed by atoms with Crippen molar-refractivity contribution < 1.29 is 18.7 Å². The maximum absolute atomic E-state index is 14.2. The number of amides is 1. The first-order valence-electron chi connectivity index (χ1n) is 12.0. The molecular weight excluding hydrogens is 468 g/mol. The molecule has 11 heteroatoms. The van der Waals surface area contributed by atoms with Crippen LogP contribution in [0.25, 0.3) is 22.6 Å². The molecule has 0 radical (unpaired) electrons. The van der Waals surface area contributed by atoms with Crippen molar-refractivity contribution >= 4 is 16.9 Å². The predicted molar refractivity (Wildman–Crippen MR) is 128 cm³/mol. The van der Waals surface area contributed by atoms with Crippen molar-refractivity contribution in [1.29, 1.82) is 0 Å². The summed E-state index contributed by atoms with van der Waals surface area (Å²) in [7, 11) is 0. The maximum Gasteiger partial charge on any atom is 0.254 e. The summed E-state index contributed by atoms with van der Waals surface area (Å²) in [6, 6.07) is 3.58. The zero-order valence-corrected chi connectivity index (χ0v) is 19.9. The van der Waals surface area contributed by atoms with Crippen LogP contribution in [0.5, 0.6) is 0 Å². The van der Waals surface area contributed by atoms with Gasteiger partial charge in [0.1, 0.15) is 35.0 Å². The van der Waals surface area contributed by atoms with Crippen LogP contribution in [0.3, 0.4) is 0 Å². The molecule has 3 N–H and O–H groups in total. The van der Waals surface area contributed by atoms with Gasteiger partial charge in [-0.15, -0.1) is 0 Å². The van der Waals surface area contributed by atoms with Crippen LogP contribution in [0.1, 0.15) is 55.3 Å². The summed E-state index contributed by atoms with van der Waals surface area (Å²) in [5.41, 5.74) is 1.68. The van der Waals surface area contributed by atoms with Crippen molar-refractivity contribution in [3.05, 3.63) is 59.8 Å². The van der Waals surface area contributed by atoms with Gasteiger partial charge >= 0.3 is 0 Å². The molecule has 0 spiro atoms. The van der Waals surface area contributed by atoms with Crippen LogP contribution < -0.4 is 5.32 Å². The molecule has 1 aliphatic rings. The summed E-state index contributed by atoms with van der Waals surface area (Å²) >= 11 is 0. The molecule has 0 bridgehead atoms. The largest absolute Gasteiger partial charge is 0.389 e. The minimum absolute atomic E-state index is 0.314. The lowest BCUT2D eigenvalue weighted by Crippen LogP contribution is -2.49. The Labute approximate surface area is 206 Å². The first-order chi connectivity index (χ1) is 17.3. The summed E-state index contributed by atoms with van der Waals surface area (Å²) in [4.78, 5) is 26.2. The van der Waals surface area contributed by atoms with Gasteiger partial charge in [0.25, 0.3) is 5.91 Å². The van der Waals surface area contributed by atoms with Crippen molar-refractivity contribution in [3.63, 3.8) is 0 Å². The maximum atomic E-state index is 14.2. The zero-order chi connectivity index (χ0) is 25.4. The molecule has 0 aliphatic heterocycles. The number of benzene rings is 1. The van der Waals surface area contributed by atoms with Crippen LogP contribution in [-0.4, -0.2) is 52.9 Å². The normalized spacial score (nSPS) is 20.2. The summed E-state index contributed by atoms with van der Waals surface area (Å²) in [5.74, 6) is -0.642. The Hall–Kier alpha value is -3.73.